The normalized spacial score (nSPS) is 18.8. The third kappa shape index (κ3) is 6.37. The SMILES string of the molecule is COC(=O)N[C@@H](C(=O)N1CCCC1c1ncc(-c2cc3cc4cc(-c5ccc6nc(C7CCCN7C(=O)[C@@H](N)C(C)C)[nH]c6c5)[nH]c4cc3[nH]2)[nH]1)C(C)C. The van der Waals surface area contributed by atoms with Gasteiger partial charge in [-0.05, 0) is 73.9 Å². The van der Waals surface area contributed by atoms with Crippen molar-refractivity contribution in [3.05, 3.63) is 60.3 Å². The molecular weight excluding hydrogens is 685 g/mol. The van der Waals surface area contributed by atoms with Crippen molar-refractivity contribution in [3.8, 4) is 22.6 Å². The Labute approximate surface area is 312 Å². The predicted octanol–water partition coefficient (Wildman–Crippen LogP) is 6.27. The Morgan fingerprint density at radius 1 is 0.778 bits per heavy atom. The summed E-state index contributed by atoms with van der Waals surface area (Å²) < 4.78 is 4.77. The van der Waals surface area contributed by atoms with Gasteiger partial charge in [-0.1, -0.05) is 33.8 Å². The van der Waals surface area contributed by atoms with Crippen molar-refractivity contribution in [2.75, 3.05) is 20.2 Å². The monoisotopic (exact) mass is 732 g/mol. The second-order valence-electron chi connectivity index (χ2n) is 15.4. The quantitative estimate of drug-likeness (QED) is 0.101. The highest BCUT2D eigenvalue weighted by Gasteiger charge is 2.38. The number of nitrogens with two attached hydrogens (primary N) is 1. The van der Waals surface area contributed by atoms with Gasteiger partial charge < -0.3 is 45.5 Å². The molecule has 4 atom stereocenters. The van der Waals surface area contributed by atoms with Crippen LogP contribution in [-0.2, 0) is 14.3 Å². The van der Waals surface area contributed by atoms with Gasteiger partial charge in [0.15, 0.2) is 0 Å². The fourth-order valence-corrected chi connectivity index (χ4v) is 8.05. The molecule has 0 radical (unpaired) electrons. The summed E-state index contributed by atoms with van der Waals surface area (Å²) in [6, 6.07) is 13.2. The summed E-state index contributed by atoms with van der Waals surface area (Å²) in [6.07, 6.45) is 4.60. The number of fused-ring (bicyclic) bond motifs is 3. The van der Waals surface area contributed by atoms with Crippen LogP contribution in [0, 0.1) is 11.8 Å². The number of benzene rings is 2. The lowest BCUT2D eigenvalue weighted by molar-refractivity contribution is -0.136. The van der Waals surface area contributed by atoms with Crippen molar-refractivity contribution < 1.29 is 19.1 Å². The molecule has 6 heterocycles. The molecule has 0 saturated carbocycles. The maximum absolute atomic E-state index is 13.6. The molecule has 0 bridgehead atoms. The Kier molecular flexibility index (Phi) is 9.16. The fourth-order valence-electron chi connectivity index (χ4n) is 8.05. The molecule has 2 aliphatic rings. The minimum atomic E-state index is -0.687. The van der Waals surface area contributed by atoms with Crippen molar-refractivity contribution in [2.45, 2.75) is 77.5 Å². The largest absolute Gasteiger partial charge is 0.453 e. The summed E-state index contributed by atoms with van der Waals surface area (Å²) in [6.45, 7) is 9.05. The number of nitrogens with zero attached hydrogens (tertiary/aromatic N) is 4. The Balaban J connectivity index is 1.01. The second-order valence-corrected chi connectivity index (χ2v) is 15.4. The van der Waals surface area contributed by atoms with Crippen LogP contribution in [-0.4, -0.2) is 89.9 Å². The van der Waals surface area contributed by atoms with Gasteiger partial charge in [-0.25, -0.2) is 14.8 Å². The molecule has 0 spiro atoms. The van der Waals surface area contributed by atoms with Gasteiger partial charge in [0, 0.05) is 46.2 Å². The number of methoxy groups -OCH3 is 1. The Morgan fingerprint density at radius 3 is 2.13 bits per heavy atom. The van der Waals surface area contributed by atoms with E-state index in [1.165, 1.54) is 7.11 Å². The highest BCUT2D eigenvalue weighted by Crippen LogP contribution is 2.36. The van der Waals surface area contributed by atoms with E-state index in [0.29, 0.717) is 13.1 Å². The molecule has 3 amide bonds. The Bertz CT molecular complexity index is 2310. The summed E-state index contributed by atoms with van der Waals surface area (Å²) in [5.41, 5.74) is 13.8. The van der Waals surface area contributed by atoms with E-state index in [1.807, 2.05) is 43.6 Å². The summed E-state index contributed by atoms with van der Waals surface area (Å²) in [5, 5.41) is 4.85. The van der Waals surface area contributed by atoms with E-state index in [-0.39, 0.29) is 35.7 Å². The summed E-state index contributed by atoms with van der Waals surface area (Å²) in [5.74, 6) is 1.34. The van der Waals surface area contributed by atoms with Crippen molar-refractivity contribution in [1.82, 2.24) is 45.0 Å². The number of aromatic amines is 4. The van der Waals surface area contributed by atoms with Crippen molar-refractivity contribution >= 4 is 50.7 Å². The topological polar surface area (TPSA) is 194 Å². The molecule has 8 rings (SSSR count). The minimum absolute atomic E-state index is 0.0132. The molecule has 2 saturated heterocycles. The van der Waals surface area contributed by atoms with Crippen LogP contribution >= 0.6 is 0 Å². The fraction of sp³-hybridized carbons (Fsp3) is 0.425. The minimum Gasteiger partial charge on any atom is -0.453 e. The first kappa shape index (κ1) is 35.4. The lowest BCUT2D eigenvalue weighted by Gasteiger charge is -2.30. The third-order valence-corrected chi connectivity index (χ3v) is 11.2. The van der Waals surface area contributed by atoms with Crippen molar-refractivity contribution in [2.24, 2.45) is 17.6 Å². The van der Waals surface area contributed by atoms with Gasteiger partial charge in [0.05, 0.1) is 53.9 Å². The number of likely N-dealkylation sites (tertiary alicyclic amines) is 2. The molecular formula is C40H48N10O4. The average Bonchev–Trinajstić information content (AvgIpc) is 4.00. The van der Waals surface area contributed by atoms with E-state index in [9.17, 15) is 14.4 Å². The Morgan fingerprint density at radius 2 is 1.44 bits per heavy atom. The van der Waals surface area contributed by atoms with Crippen molar-refractivity contribution in [3.63, 3.8) is 0 Å². The van der Waals surface area contributed by atoms with Gasteiger partial charge in [0.1, 0.15) is 17.7 Å². The van der Waals surface area contributed by atoms with Gasteiger partial charge >= 0.3 is 6.09 Å². The number of carbonyl (C=O) groups is 3. The molecule has 2 aromatic carbocycles. The number of amides is 3. The smallest absolute Gasteiger partial charge is 0.407 e. The molecule has 4 aromatic heterocycles. The van der Waals surface area contributed by atoms with E-state index in [2.05, 4.69) is 61.7 Å². The summed E-state index contributed by atoms with van der Waals surface area (Å²) >= 11 is 0. The van der Waals surface area contributed by atoms with Crippen molar-refractivity contribution in [1.29, 1.82) is 0 Å². The molecule has 7 N–H and O–H groups in total. The van der Waals surface area contributed by atoms with Crippen LogP contribution in [0.25, 0.3) is 55.5 Å². The average molecular weight is 733 g/mol. The molecule has 14 nitrogen and oxygen atoms in total. The number of hydrogen-bond donors (Lipinski definition) is 6. The maximum Gasteiger partial charge on any atom is 0.407 e. The predicted molar refractivity (Wildman–Crippen MR) is 207 cm³/mol. The van der Waals surface area contributed by atoms with Crippen LogP contribution in [0.4, 0.5) is 4.79 Å². The molecule has 2 fully saturated rings. The molecule has 2 unspecified atom stereocenters. The molecule has 14 heteroatoms. The van der Waals surface area contributed by atoms with Gasteiger partial charge in [-0.2, -0.15) is 0 Å². The maximum atomic E-state index is 13.6. The summed E-state index contributed by atoms with van der Waals surface area (Å²) in [7, 11) is 1.29. The third-order valence-electron chi connectivity index (χ3n) is 11.2. The number of alkyl carbamates (subject to hydrolysis) is 1. The van der Waals surface area contributed by atoms with E-state index >= 15 is 0 Å². The van der Waals surface area contributed by atoms with Crippen LogP contribution in [0.2, 0.25) is 0 Å². The van der Waals surface area contributed by atoms with Gasteiger partial charge in [0.25, 0.3) is 0 Å². The first-order valence-corrected chi connectivity index (χ1v) is 18.9. The van der Waals surface area contributed by atoms with Crippen LogP contribution in [0.1, 0.15) is 77.1 Å². The standard InChI is InChI=1S/C40H48N10O4/c1-20(2)34(41)38(51)49-12-7-9-33(49)37-45-25-11-10-22(15-29(25)46-37)26-16-23-14-24-17-30(44-28(24)18-27(23)43-26)31-19-42-36(47-31)32-8-6-13-50(32)39(52)35(21(3)4)48-40(53)54-5/h10-11,14-21,32-35,43-44H,6-9,12-13,41H2,1-5H3,(H,42,47)(H,45,46)(H,48,53)/t32?,33?,34-,35+/m0/s1. The number of aromatic nitrogens is 6. The highest BCUT2D eigenvalue weighted by molar-refractivity contribution is 5.99. The van der Waals surface area contributed by atoms with Crippen LogP contribution in [0.15, 0.2) is 48.7 Å². The van der Waals surface area contributed by atoms with E-state index in [4.69, 9.17) is 20.4 Å². The first-order valence-electron chi connectivity index (χ1n) is 18.9. The van der Waals surface area contributed by atoms with Gasteiger partial charge in [-0.15, -0.1) is 0 Å². The number of nitrogens with one attached hydrogen (secondary N) is 5. The van der Waals surface area contributed by atoms with Crippen LogP contribution < -0.4 is 11.1 Å². The molecule has 54 heavy (non-hydrogen) atoms. The lowest BCUT2D eigenvalue weighted by atomic mass is 10.0. The van der Waals surface area contributed by atoms with Crippen LogP contribution in [0.5, 0.6) is 0 Å². The second kappa shape index (κ2) is 14.0. The number of carbonyl (C=O) groups excluding carboxylic acids is 3. The van der Waals surface area contributed by atoms with E-state index in [0.717, 1.165) is 92.8 Å². The zero-order chi connectivity index (χ0) is 37.8. The number of ether oxygens (including phenoxy) is 1. The molecule has 0 aliphatic carbocycles. The zero-order valence-corrected chi connectivity index (χ0v) is 31.3. The Hall–Kier alpha value is -5.63. The van der Waals surface area contributed by atoms with Gasteiger partial charge in [-0.3, -0.25) is 9.59 Å². The molecule has 2 aliphatic heterocycles. The van der Waals surface area contributed by atoms with E-state index < -0.39 is 18.2 Å². The summed E-state index contributed by atoms with van der Waals surface area (Å²) in [4.78, 5) is 66.1. The molecule has 282 valence electrons. The number of hydrogen-bond acceptors (Lipinski definition) is 7. The van der Waals surface area contributed by atoms with E-state index in [1.54, 1.807) is 6.20 Å². The first-order chi connectivity index (χ1) is 26.0. The number of rotatable bonds is 9. The number of imidazole rings is 2. The van der Waals surface area contributed by atoms with Gasteiger partial charge in [0.2, 0.25) is 11.8 Å². The van der Waals surface area contributed by atoms with Crippen LogP contribution in [0.3, 0.4) is 0 Å². The molecule has 6 aromatic rings. The lowest BCUT2D eigenvalue weighted by Crippen LogP contribution is -2.51. The highest BCUT2D eigenvalue weighted by atomic mass is 16.5. The number of H-pyrrole nitrogens is 4. The zero-order valence-electron chi connectivity index (χ0n) is 31.3.